The summed E-state index contributed by atoms with van der Waals surface area (Å²) in [6.07, 6.45) is 0. The van der Waals surface area contributed by atoms with Crippen molar-refractivity contribution in [1.29, 1.82) is 0 Å². The Balaban J connectivity index is 1.35. The second kappa shape index (κ2) is 8.27. The summed E-state index contributed by atoms with van der Waals surface area (Å²) in [7, 11) is 0. The standard InChI is InChI=1S/C40H27N3O/c1-40(2)31-17-9-6-14-25(31)28-20-29-26-15-7-10-18-34(26)43(35(29)22-32(28)40)39-41-33-21-30-27-16-8-11-19-37(27)44-38(30)23-36(33)42(39)24-12-4-3-5-13-24/h3-23H,1-2H3. The van der Waals surface area contributed by atoms with Gasteiger partial charge in [-0.05, 0) is 64.7 Å². The topological polar surface area (TPSA) is 35.9 Å². The SMILES string of the molecule is CC1(C)c2ccccc2-c2cc3c4ccccc4n(-c4nc5cc6c(cc5n4-c4ccccc4)oc4ccccc46)c3cc21. The fourth-order valence-corrected chi connectivity index (χ4v) is 7.64. The Hall–Kier alpha value is -5.61. The lowest BCUT2D eigenvalue weighted by Gasteiger charge is -2.21. The third-order valence-electron chi connectivity index (χ3n) is 9.73. The minimum Gasteiger partial charge on any atom is -0.456 e. The highest BCUT2D eigenvalue weighted by Crippen LogP contribution is 2.51. The van der Waals surface area contributed by atoms with Crippen LogP contribution in [0, 0.1) is 0 Å². The van der Waals surface area contributed by atoms with Gasteiger partial charge < -0.3 is 4.42 Å². The molecule has 0 spiro atoms. The molecule has 44 heavy (non-hydrogen) atoms. The smallest absolute Gasteiger partial charge is 0.220 e. The van der Waals surface area contributed by atoms with Gasteiger partial charge in [0.15, 0.2) is 0 Å². The van der Waals surface area contributed by atoms with Crippen molar-refractivity contribution in [3.8, 4) is 22.8 Å². The molecule has 0 bridgehead atoms. The molecule has 4 heteroatoms. The van der Waals surface area contributed by atoms with Gasteiger partial charge in [-0.15, -0.1) is 0 Å². The molecule has 0 fully saturated rings. The normalized spacial score (nSPS) is 13.9. The van der Waals surface area contributed by atoms with Crippen molar-refractivity contribution in [3.63, 3.8) is 0 Å². The van der Waals surface area contributed by atoms with Crippen LogP contribution in [0.25, 0.3) is 77.5 Å². The third-order valence-corrected chi connectivity index (χ3v) is 9.73. The van der Waals surface area contributed by atoms with Crippen LogP contribution >= 0.6 is 0 Å². The zero-order valence-corrected chi connectivity index (χ0v) is 24.4. The Kier molecular flexibility index (Phi) is 4.49. The lowest BCUT2D eigenvalue weighted by molar-refractivity contribution is 0.661. The first-order valence-electron chi connectivity index (χ1n) is 15.1. The molecule has 10 rings (SSSR count). The molecule has 9 aromatic rings. The zero-order chi connectivity index (χ0) is 29.2. The molecule has 1 aliphatic carbocycles. The van der Waals surface area contributed by atoms with E-state index in [-0.39, 0.29) is 5.41 Å². The van der Waals surface area contributed by atoms with Gasteiger partial charge in [-0.25, -0.2) is 4.98 Å². The van der Waals surface area contributed by atoms with Crippen molar-refractivity contribution in [2.45, 2.75) is 19.3 Å². The van der Waals surface area contributed by atoms with Crippen LogP contribution in [0.4, 0.5) is 0 Å². The minimum absolute atomic E-state index is 0.105. The molecule has 0 atom stereocenters. The van der Waals surface area contributed by atoms with Crippen molar-refractivity contribution < 1.29 is 4.42 Å². The van der Waals surface area contributed by atoms with Crippen LogP contribution in [0.15, 0.2) is 132 Å². The highest BCUT2D eigenvalue weighted by molar-refractivity contribution is 6.12. The van der Waals surface area contributed by atoms with E-state index in [0.717, 1.165) is 55.6 Å². The van der Waals surface area contributed by atoms with E-state index in [2.05, 4.69) is 138 Å². The molecule has 6 aromatic carbocycles. The van der Waals surface area contributed by atoms with E-state index in [1.54, 1.807) is 0 Å². The Morgan fingerprint density at radius 1 is 0.523 bits per heavy atom. The van der Waals surface area contributed by atoms with Gasteiger partial charge in [0.25, 0.3) is 0 Å². The van der Waals surface area contributed by atoms with Crippen molar-refractivity contribution in [1.82, 2.24) is 14.1 Å². The highest BCUT2D eigenvalue weighted by atomic mass is 16.3. The summed E-state index contributed by atoms with van der Waals surface area (Å²) < 4.78 is 11.0. The van der Waals surface area contributed by atoms with E-state index in [0.29, 0.717) is 0 Å². The molecule has 0 saturated carbocycles. The van der Waals surface area contributed by atoms with Gasteiger partial charge in [0.2, 0.25) is 5.95 Å². The molecule has 4 nitrogen and oxygen atoms in total. The monoisotopic (exact) mass is 565 g/mol. The van der Waals surface area contributed by atoms with Crippen molar-refractivity contribution >= 4 is 54.8 Å². The molecule has 0 unspecified atom stereocenters. The summed E-state index contributed by atoms with van der Waals surface area (Å²) in [5.41, 5.74) is 12.3. The summed E-state index contributed by atoms with van der Waals surface area (Å²) in [5, 5.41) is 4.64. The van der Waals surface area contributed by atoms with Gasteiger partial charge in [0.1, 0.15) is 11.2 Å². The number of benzene rings is 6. The molecule has 3 heterocycles. The molecule has 0 N–H and O–H groups in total. The average Bonchev–Trinajstić information content (AvgIpc) is 3.76. The molecule has 0 amide bonds. The van der Waals surface area contributed by atoms with Gasteiger partial charge in [-0.1, -0.05) is 92.7 Å². The minimum atomic E-state index is -0.105. The summed E-state index contributed by atoms with van der Waals surface area (Å²) in [4.78, 5) is 5.42. The van der Waals surface area contributed by atoms with Crippen LogP contribution < -0.4 is 0 Å². The molecule has 0 saturated heterocycles. The van der Waals surface area contributed by atoms with E-state index in [9.17, 15) is 0 Å². The Morgan fingerprint density at radius 2 is 1.27 bits per heavy atom. The van der Waals surface area contributed by atoms with Gasteiger partial charge in [0.05, 0.1) is 22.1 Å². The predicted molar refractivity (Wildman–Crippen MR) is 180 cm³/mol. The number of fused-ring (bicyclic) bond motifs is 10. The average molecular weight is 566 g/mol. The maximum atomic E-state index is 6.35. The Bertz CT molecular complexity index is 2630. The van der Waals surface area contributed by atoms with E-state index < -0.39 is 0 Å². The number of aromatic nitrogens is 3. The summed E-state index contributed by atoms with van der Waals surface area (Å²) in [6.45, 7) is 4.68. The van der Waals surface area contributed by atoms with Crippen molar-refractivity contribution in [3.05, 3.63) is 139 Å². The lowest BCUT2D eigenvalue weighted by atomic mass is 9.82. The van der Waals surface area contributed by atoms with Crippen LogP contribution in [0.2, 0.25) is 0 Å². The van der Waals surface area contributed by atoms with Gasteiger partial charge in [0, 0.05) is 38.7 Å². The molecular weight excluding hydrogens is 538 g/mol. The number of hydrogen-bond donors (Lipinski definition) is 0. The first-order valence-corrected chi connectivity index (χ1v) is 15.1. The molecule has 3 aromatic heterocycles. The van der Waals surface area contributed by atoms with E-state index in [4.69, 9.17) is 9.40 Å². The fraction of sp³-hybridized carbons (Fsp3) is 0.0750. The number of rotatable bonds is 2. The summed E-state index contributed by atoms with van der Waals surface area (Å²) >= 11 is 0. The summed E-state index contributed by atoms with van der Waals surface area (Å²) in [5.74, 6) is 0.864. The molecule has 1 aliphatic rings. The maximum absolute atomic E-state index is 6.35. The van der Waals surface area contributed by atoms with Crippen molar-refractivity contribution in [2.75, 3.05) is 0 Å². The van der Waals surface area contributed by atoms with Crippen LogP contribution in [-0.4, -0.2) is 14.1 Å². The van der Waals surface area contributed by atoms with Gasteiger partial charge >= 0.3 is 0 Å². The van der Waals surface area contributed by atoms with Gasteiger partial charge in [-0.3, -0.25) is 9.13 Å². The number of para-hydroxylation sites is 3. The number of furan rings is 1. The Morgan fingerprint density at radius 3 is 2.16 bits per heavy atom. The highest BCUT2D eigenvalue weighted by Gasteiger charge is 2.36. The van der Waals surface area contributed by atoms with Crippen molar-refractivity contribution in [2.24, 2.45) is 0 Å². The van der Waals surface area contributed by atoms with E-state index >= 15 is 0 Å². The molecule has 0 aliphatic heterocycles. The predicted octanol–water partition coefficient (Wildman–Crippen LogP) is 10.3. The first kappa shape index (κ1) is 23.9. The van der Waals surface area contributed by atoms with Crippen LogP contribution in [0.5, 0.6) is 0 Å². The molecule has 208 valence electrons. The zero-order valence-electron chi connectivity index (χ0n) is 24.4. The quantitative estimate of drug-likeness (QED) is 0.209. The maximum Gasteiger partial charge on any atom is 0.220 e. The van der Waals surface area contributed by atoms with Crippen LogP contribution in [0.1, 0.15) is 25.0 Å². The Labute approximate surface area is 253 Å². The fourth-order valence-electron chi connectivity index (χ4n) is 7.64. The number of nitrogens with zero attached hydrogens (tertiary/aromatic N) is 3. The van der Waals surface area contributed by atoms with Crippen LogP contribution in [0.3, 0.4) is 0 Å². The number of imidazole rings is 1. The van der Waals surface area contributed by atoms with Gasteiger partial charge in [-0.2, -0.15) is 0 Å². The lowest BCUT2D eigenvalue weighted by Crippen LogP contribution is -2.15. The largest absolute Gasteiger partial charge is 0.456 e. The second-order valence-electron chi connectivity index (χ2n) is 12.5. The van der Waals surface area contributed by atoms with E-state index in [1.807, 2.05) is 12.1 Å². The van der Waals surface area contributed by atoms with Crippen LogP contribution in [-0.2, 0) is 5.41 Å². The van der Waals surface area contributed by atoms with E-state index in [1.165, 1.54) is 33.0 Å². The third kappa shape index (κ3) is 2.99. The number of hydrogen-bond acceptors (Lipinski definition) is 2. The second-order valence-corrected chi connectivity index (χ2v) is 12.5. The molecule has 0 radical (unpaired) electrons. The first-order chi connectivity index (χ1) is 21.6. The molecular formula is C40H27N3O. The summed E-state index contributed by atoms with van der Waals surface area (Å²) in [6, 6.07) is 45.5.